The Labute approximate surface area is 82.8 Å². The topological polar surface area (TPSA) is 9.23 Å². The van der Waals surface area contributed by atoms with E-state index in [0.717, 1.165) is 5.75 Å². The average Bonchev–Trinajstić information content (AvgIpc) is 1.91. The van der Waals surface area contributed by atoms with Gasteiger partial charge in [0.15, 0.2) is 0 Å². The van der Waals surface area contributed by atoms with E-state index >= 15 is 0 Å². The molecule has 0 saturated carbocycles. The van der Waals surface area contributed by atoms with Crippen LogP contribution in [-0.2, 0) is 11.8 Å². The van der Waals surface area contributed by atoms with E-state index in [0.29, 0.717) is 5.02 Å². The fourth-order valence-electron chi connectivity index (χ4n) is 0.749. The second kappa shape index (κ2) is 3.78. The molecular formula is C8H10ClOPS. The quantitative estimate of drug-likeness (QED) is 0.707. The second-order valence-corrected chi connectivity index (χ2v) is 8.56. The predicted octanol–water partition coefficient (Wildman–Crippen LogP) is 3.37. The van der Waals surface area contributed by atoms with Crippen molar-refractivity contribution in [2.75, 3.05) is 13.3 Å². The van der Waals surface area contributed by atoms with Crippen LogP contribution in [0.2, 0.25) is 5.02 Å². The van der Waals surface area contributed by atoms with Gasteiger partial charge in [0.1, 0.15) is 12.0 Å². The van der Waals surface area contributed by atoms with Crippen LogP contribution in [0.1, 0.15) is 0 Å². The molecule has 0 unspecified atom stereocenters. The van der Waals surface area contributed by atoms with Crippen molar-refractivity contribution in [2.45, 2.75) is 0 Å². The third-order valence-corrected chi connectivity index (χ3v) is 2.26. The lowest BCUT2D eigenvalue weighted by atomic mass is 10.3. The van der Waals surface area contributed by atoms with Gasteiger partial charge in [-0.1, -0.05) is 23.4 Å². The lowest BCUT2D eigenvalue weighted by Crippen LogP contribution is -1.87. The highest BCUT2D eigenvalue weighted by molar-refractivity contribution is 8.11. The van der Waals surface area contributed by atoms with Crippen molar-refractivity contribution >= 4 is 29.7 Å². The SMILES string of the molecule is CP(C)(=S)Oc1ccc(Cl)cc1. The molecule has 1 aromatic carbocycles. The fourth-order valence-corrected chi connectivity index (χ4v) is 1.76. The summed E-state index contributed by atoms with van der Waals surface area (Å²) in [4.78, 5) is 0. The fraction of sp³-hybridized carbons (Fsp3) is 0.250. The Bertz CT molecular complexity index is 303. The highest BCUT2D eigenvalue weighted by Gasteiger charge is 2.03. The molecule has 4 heteroatoms. The van der Waals surface area contributed by atoms with E-state index in [1.807, 2.05) is 25.5 Å². The summed E-state index contributed by atoms with van der Waals surface area (Å²) in [6, 6.07) is 7.25. The summed E-state index contributed by atoms with van der Waals surface area (Å²) in [7, 11) is 0. The molecule has 0 spiro atoms. The molecule has 0 heterocycles. The Kier molecular flexibility index (Phi) is 3.16. The highest BCUT2D eigenvalue weighted by Crippen LogP contribution is 2.39. The molecule has 0 fully saturated rings. The van der Waals surface area contributed by atoms with Crippen LogP contribution in [0.15, 0.2) is 24.3 Å². The summed E-state index contributed by atoms with van der Waals surface area (Å²) in [5, 5.41) is 0.711. The average molecular weight is 221 g/mol. The normalized spacial score (nSPS) is 11.2. The number of hydrogen-bond acceptors (Lipinski definition) is 2. The number of benzene rings is 1. The van der Waals surface area contributed by atoms with Crippen LogP contribution < -0.4 is 4.52 Å². The van der Waals surface area contributed by atoms with E-state index in [1.165, 1.54) is 0 Å². The van der Waals surface area contributed by atoms with Crippen LogP contribution in [0.4, 0.5) is 0 Å². The van der Waals surface area contributed by atoms with Gasteiger partial charge in [0.05, 0.1) is 0 Å². The van der Waals surface area contributed by atoms with Gasteiger partial charge in [-0.25, -0.2) is 0 Å². The van der Waals surface area contributed by atoms with Crippen LogP contribution >= 0.6 is 17.9 Å². The molecule has 0 aromatic heterocycles. The summed E-state index contributed by atoms with van der Waals surface area (Å²) in [6.07, 6.45) is -1.61. The third-order valence-electron chi connectivity index (χ3n) is 1.14. The zero-order valence-corrected chi connectivity index (χ0v) is 9.42. The Morgan fingerprint density at radius 1 is 1.25 bits per heavy atom. The second-order valence-electron chi connectivity index (χ2n) is 2.80. The van der Waals surface area contributed by atoms with Crippen LogP contribution in [0.25, 0.3) is 0 Å². The number of rotatable bonds is 2. The van der Waals surface area contributed by atoms with Gasteiger partial charge in [0.2, 0.25) is 0 Å². The summed E-state index contributed by atoms with van der Waals surface area (Å²) in [5.74, 6) is 0.799. The number of hydrogen-bond donors (Lipinski definition) is 0. The molecule has 1 aromatic rings. The van der Waals surface area contributed by atoms with Gasteiger partial charge in [-0.3, -0.25) is 0 Å². The van der Waals surface area contributed by atoms with E-state index < -0.39 is 6.26 Å². The van der Waals surface area contributed by atoms with E-state index in [2.05, 4.69) is 0 Å². The van der Waals surface area contributed by atoms with Gasteiger partial charge >= 0.3 is 0 Å². The summed E-state index contributed by atoms with van der Waals surface area (Å²) >= 11 is 10.9. The van der Waals surface area contributed by atoms with Crippen molar-refractivity contribution in [1.29, 1.82) is 0 Å². The predicted molar refractivity (Wildman–Crippen MR) is 58.2 cm³/mol. The third kappa shape index (κ3) is 3.57. The van der Waals surface area contributed by atoms with E-state index in [-0.39, 0.29) is 0 Å². The lowest BCUT2D eigenvalue weighted by Gasteiger charge is -2.12. The minimum atomic E-state index is -1.61. The monoisotopic (exact) mass is 220 g/mol. The highest BCUT2D eigenvalue weighted by atomic mass is 35.5. The molecule has 0 saturated heterocycles. The van der Waals surface area contributed by atoms with Crippen molar-refractivity contribution in [3.05, 3.63) is 29.3 Å². The van der Waals surface area contributed by atoms with Crippen molar-refractivity contribution in [2.24, 2.45) is 0 Å². The van der Waals surface area contributed by atoms with Crippen LogP contribution in [0.5, 0.6) is 5.75 Å². The standard InChI is InChI=1S/C8H10ClOPS/c1-11(2,12)10-8-5-3-7(9)4-6-8/h3-6H,1-2H3. The zero-order chi connectivity index (χ0) is 9.19. The van der Waals surface area contributed by atoms with Crippen molar-refractivity contribution in [3.8, 4) is 5.75 Å². The molecule has 0 aliphatic carbocycles. The van der Waals surface area contributed by atoms with Crippen LogP contribution in [0.3, 0.4) is 0 Å². The maximum Gasteiger partial charge on any atom is 0.124 e. The number of halogens is 1. The van der Waals surface area contributed by atoms with Crippen LogP contribution in [-0.4, -0.2) is 13.3 Å². The molecule has 12 heavy (non-hydrogen) atoms. The van der Waals surface area contributed by atoms with Gasteiger partial charge in [0, 0.05) is 5.02 Å². The summed E-state index contributed by atoms with van der Waals surface area (Å²) in [6.45, 7) is 3.88. The van der Waals surface area contributed by atoms with E-state index in [4.69, 9.17) is 27.9 Å². The molecule has 0 aliphatic heterocycles. The Balaban J connectivity index is 2.78. The Morgan fingerprint density at radius 3 is 2.17 bits per heavy atom. The molecule has 0 amide bonds. The largest absolute Gasteiger partial charge is 0.467 e. The van der Waals surface area contributed by atoms with Gasteiger partial charge in [-0.15, -0.1) is 0 Å². The first kappa shape index (κ1) is 10.0. The lowest BCUT2D eigenvalue weighted by molar-refractivity contribution is 0.621. The van der Waals surface area contributed by atoms with Crippen molar-refractivity contribution in [1.82, 2.24) is 0 Å². The van der Waals surface area contributed by atoms with Gasteiger partial charge < -0.3 is 4.52 Å². The van der Waals surface area contributed by atoms with Crippen LogP contribution in [0, 0.1) is 0 Å². The first-order valence-electron chi connectivity index (χ1n) is 3.47. The van der Waals surface area contributed by atoms with Gasteiger partial charge in [-0.05, 0) is 37.6 Å². The van der Waals surface area contributed by atoms with Crippen molar-refractivity contribution < 1.29 is 4.52 Å². The maximum absolute atomic E-state index is 5.71. The molecule has 66 valence electrons. The van der Waals surface area contributed by atoms with E-state index in [1.54, 1.807) is 12.1 Å². The molecule has 0 aliphatic rings. The van der Waals surface area contributed by atoms with Crippen molar-refractivity contribution in [3.63, 3.8) is 0 Å². The molecule has 1 nitrogen and oxygen atoms in total. The minimum Gasteiger partial charge on any atom is -0.467 e. The first-order chi connectivity index (χ1) is 5.47. The van der Waals surface area contributed by atoms with Gasteiger partial charge in [0.25, 0.3) is 0 Å². The molecule has 0 radical (unpaired) electrons. The molecular weight excluding hydrogens is 211 g/mol. The zero-order valence-electron chi connectivity index (χ0n) is 6.95. The summed E-state index contributed by atoms with van der Waals surface area (Å²) < 4.78 is 5.52. The minimum absolute atomic E-state index is 0.711. The maximum atomic E-state index is 5.71. The Hall–Kier alpha value is -0.0400. The molecule has 1 rings (SSSR count). The smallest absolute Gasteiger partial charge is 0.124 e. The molecule has 0 bridgehead atoms. The van der Waals surface area contributed by atoms with Gasteiger partial charge in [-0.2, -0.15) is 0 Å². The first-order valence-corrected chi connectivity index (χ1v) is 7.47. The Morgan fingerprint density at radius 2 is 1.75 bits per heavy atom. The molecule has 0 atom stereocenters. The van der Waals surface area contributed by atoms with E-state index in [9.17, 15) is 0 Å². The summed E-state index contributed by atoms with van der Waals surface area (Å²) in [5.41, 5.74) is 0. The molecule has 0 N–H and O–H groups in total.